The number of imide groups is 1. The lowest BCUT2D eigenvalue weighted by atomic mass is 9.92. The first-order chi connectivity index (χ1) is 18.7. The minimum Gasteiger partial charge on any atom is -0.491 e. The van der Waals surface area contributed by atoms with Crippen LogP contribution < -0.4 is 4.74 Å². The van der Waals surface area contributed by atoms with Gasteiger partial charge in [-0.05, 0) is 61.2 Å². The monoisotopic (exact) mass is 526 g/mol. The fourth-order valence-corrected chi connectivity index (χ4v) is 4.34. The number of unbranched alkanes of at least 4 members (excludes halogenated alkanes) is 1. The molecule has 0 saturated heterocycles. The Labute approximate surface area is 227 Å². The van der Waals surface area contributed by atoms with Gasteiger partial charge in [0.05, 0.1) is 12.3 Å². The van der Waals surface area contributed by atoms with Crippen molar-refractivity contribution in [2.45, 2.75) is 40.5 Å². The highest BCUT2D eigenvalue weighted by Crippen LogP contribution is 2.33. The van der Waals surface area contributed by atoms with Gasteiger partial charge >= 0.3 is 0 Å². The van der Waals surface area contributed by atoms with Gasteiger partial charge < -0.3 is 4.74 Å². The molecule has 0 bridgehead atoms. The lowest BCUT2D eigenvalue weighted by Crippen LogP contribution is -2.44. The number of rotatable bonds is 9. The van der Waals surface area contributed by atoms with Gasteiger partial charge in [0.2, 0.25) is 0 Å². The lowest BCUT2D eigenvalue weighted by molar-refractivity contribution is -0.141. The largest absolute Gasteiger partial charge is 0.491 e. The van der Waals surface area contributed by atoms with Crippen LogP contribution in [-0.4, -0.2) is 39.6 Å². The van der Waals surface area contributed by atoms with Gasteiger partial charge in [0.25, 0.3) is 11.8 Å². The molecule has 0 aliphatic carbocycles. The van der Waals surface area contributed by atoms with E-state index >= 15 is 4.39 Å². The minimum absolute atomic E-state index is 0.0231. The number of amides is 2. The van der Waals surface area contributed by atoms with Crippen LogP contribution in [0.5, 0.6) is 5.75 Å². The number of benzene rings is 2. The second kappa shape index (κ2) is 11.9. The first kappa shape index (κ1) is 27.5. The van der Waals surface area contributed by atoms with Crippen LogP contribution in [0.15, 0.2) is 71.4 Å². The number of hydrogen-bond donors (Lipinski definition) is 0. The first-order valence-electron chi connectivity index (χ1n) is 13.0. The molecule has 0 radical (unpaired) electrons. The predicted molar refractivity (Wildman–Crippen MR) is 147 cm³/mol. The zero-order valence-electron chi connectivity index (χ0n) is 22.6. The molecule has 0 fully saturated rings. The zero-order chi connectivity index (χ0) is 28.1. The van der Waals surface area contributed by atoms with Crippen LogP contribution in [0.25, 0.3) is 23.0 Å². The summed E-state index contributed by atoms with van der Waals surface area (Å²) in [6.45, 7) is 8.03. The van der Waals surface area contributed by atoms with Crippen molar-refractivity contribution in [2.75, 3.05) is 13.2 Å². The van der Waals surface area contributed by atoms with E-state index < -0.39 is 17.6 Å². The molecule has 1 aliphatic rings. The van der Waals surface area contributed by atoms with E-state index in [0.717, 1.165) is 23.4 Å². The Morgan fingerprint density at radius 3 is 2.51 bits per heavy atom. The number of carbonyl (C=O) groups excluding carboxylic acids is 2. The Kier molecular flexibility index (Phi) is 8.40. The number of nitriles is 1. The van der Waals surface area contributed by atoms with Gasteiger partial charge in [0.15, 0.2) is 11.6 Å². The van der Waals surface area contributed by atoms with Gasteiger partial charge in [-0.15, -0.1) is 0 Å². The summed E-state index contributed by atoms with van der Waals surface area (Å²) in [5.74, 6) is -1.39. The van der Waals surface area contributed by atoms with Crippen molar-refractivity contribution in [2.24, 2.45) is 5.92 Å². The third-order valence-corrected chi connectivity index (χ3v) is 6.40. The van der Waals surface area contributed by atoms with Crippen LogP contribution in [0.4, 0.5) is 4.39 Å². The second-order valence-corrected chi connectivity index (χ2v) is 9.84. The average Bonchev–Trinajstić information content (AvgIpc) is 3.35. The summed E-state index contributed by atoms with van der Waals surface area (Å²) in [4.78, 5) is 27.5. The van der Waals surface area contributed by atoms with E-state index in [9.17, 15) is 14.9 Å². The van der Waals surface area contributed by atoms with Crippen LogP contribution in [0.3, 0.4) is 0 Å². The van der Waals surface area contributed by atoms with E-state index in [1.165, 1.54) is 6.07 Å². The van der Waals surface area contributed by atoms with Crippen molar-refractivity contribution < 1.29 is 18.7 Å². The number of para-hydroxylation sites is 1. The maximum Gasteiger partial charge on any atom is 0.271 e. The molecule has 2 amide bonds. The van der Waals surface area contributed by atoms with Crippen molar-refractivity contribution in [1.29, 1.82) is 5.26 Å². The molecule has 8 heteroatoms. The fraction of sp³-hybridized carbons (Fsp3) is 0.290. The molecule has 0 N–H and O–H groups in total. The number of hydrogen-bond acceptors (Lipinski definition) is 5. The summed E-state index contributed by atoms with van der Waals surface area (Å²) in [5, 5.41) is 14.4. The molecular formula is C31H31FN4O3. The molecule has 0 spiro atoms. The summed E-state index contributed by atoms with van der Waals surface area (Å²) < 4.78 is 22.2. The Hall–Kier alpha value is -4.51. The van der Waals surface area contributed by atoms with Crippen LogP contribution in [0.2, 0.25) is 0 Å². The Morgan fingerprint density at radius 2 is 1.87 bits per heavy atom. The lowest BCUT2D eigenvalue weighted by Gasteiger charge is -2.28. The van der Waals surface area contributed by atoms with E-state index in [4.69, 9.17) is 9.84 Å². The highest BCUT2D eigenvalue weighted by Gasteiger charge is 2.36. The maximum atomic E-state index is 15.0. The molecule has 2 aromatic carbocycles. The van der Waals surface area contributed by atoms with Crippen LogP contribution in [-0.2, 0) is 9.59 Å². The number of carbonyl (C=O) groups is 2. The molecule has 7 nitrogen and oxygen atoms in total. The quantitative estimate of drug-likeness (QED) is 0.191. The number of nitrogens with zero attached hydrogens (tertiary/aromatic N) is 4. The summed E-state index contributed by atoms with van der Waals surface area (Å²) >= 11 is 0. The predicted octanol–water partition coefficient (Wildman–Crippen LogP) is 6.11. The molecule has 1 aromatic heterocycles. The van der Waals surface area contributed by atoms with E-state index in [-0.39, 0.29) is 29.4 Å². The molecule has 200 valence electrons. The van der Waals surface area contributed by atoms with E-state index in [1.54, 1.807) is 36.0 Å². The third kappa shape index (κ3) is 5.83. The summed E-state index contributed by atoms with van der Waals surface area (Å²) in [5.41, 5.74) is 2.71. The molecule has 39 heavy (non-hydrogen) atoms. The van der Waals surface area contributed by atoms with Crippen molar-refractivity contribution >= 4 is 17.9 Å². The smallest absolute Gasteiger partial charge is 0.271 e. The zero-order valence-corrected chi connectivity index (χ0v) is 22.6. The molecule has 2 heterocycles. The van der Waals surface area contributed by atoms with E-state index in [1.807, 2.05) is 57.2 Å². The maximum absolute atomic E-state index is 15.0. The molecule has 3 aromatic rings. The Balaban J connectivity index is 1.86. The summed E-state index contributed by atoms with van der Waals surface area (Å²) in [7, 11) is 0. The summed E-state index contributed by atoms with van der Waals surface area (Å²) in [6, 6.07) is 16.0. The van der Waals surface area contributed by atoms with Gasteiger partial charge in [-0.2, -0.15) is 10.4 Å². The van der Waals surface area contributed by atoms with Gasteiger partial charge in [0, 0.05) is 29.4 Å². The van der Waals surface area contributed by atoms with Crippen molar-refractivity contribution in [3.63, 3.8) is 0 Å². The standard InChI is InChI=1S/C31H31FN4O3/c1-5-6-14-39-28-13-12-22(16-27(28)32)29-23(19-36(34-29)24-10-8-7-9-11-24)15-25-21(4)26(17-33)31(38)35(30(25)37)18-20(2)3/h7-13,15-16,19-20H,5-6,14,18H2,1-4H3/b25-15+. The second-order valence-electron chi connectivity index (χ2n) is 9.84. The molecule has 4 rings (SSSR count). The van der Waals surface area contributed by atoms with Crippen molar-refractivity contribution in [3.05, 3.63) is 82.8 Å². The SMILES string of the molecule is CCCCOc1ccc(-c2nn(-c3ccccc3)cc2/C=C2/C(=O)N(CC(C)C)C(=O)C(C#N)=C2C)cc1F. The minimum atomic E-state index is -0.591. The van der Waals surface area contributed by atoms with Gasteiger partial charge in [-0.3, -0.25) is 14.5 Å². The highest BCUT2D eigenvalue weighted by atomic mass is 19.1. The van der Waals surface area contributed by atoms with E-state index in [2.05, 4.69) is 0 Å². The number of ether oxygens (including phenoxy) is 1. The average molecular weight is 527 g/mol. The van der Waals surface area contributed by atoms with Gasteiger partial charge in [-0.1, -0.05) is 45.4 Å². The number of aromatic nitrogens is 2. The molecule has 0 saturated carbocycles. The Morgan fingerprint density at radius 1 is 1.13 bits per heavy atom. The van der Waals surface area contributed by atoms with Gasteiger partial charge in [-0.25, -0.2) is 9.07 Å². The highest BCUT2D eigenvalue weighted by molar-refractivity contribution is 6.19. The normalized spacial score (nSPS) is 14.9. The molecular weight excluding hydrogens is 495 g/mol. The van der Waals surface area contributed by atoms with Crippen LogP contribution >= 0.6 is 0 Å². The fourth-order valence-electron chi connectivity index (χ4n) is 4.34. The summed E-state index contributed by atoms with van der Waals surface area (Å²) in [6.07, 6.45) is 5.13. The molecule has 0 atom stereocenters. The van der Waals surface area contributed by atoms with Gasteiger partial charge in [0.1, 0.15) is 17.3 Å². The van der Waals surface area contributed by atoms with Crippen LogP contribution in [0.1, 0.15) is 46.1 Å². The Bertz CT molecular complexity index is 1500. The topological polar surface area (TPSA) is 88.2 Å². The molecule has 1 aliphatic heterocycles. The molecule has 0 unspecified atom stereocenters. The third-order valence-electron chi connectivity index (χ3n) is 6.40. The van der Waals surface area contributed by atoms with Crippen LogP contribution in [0, 0.1) is 23.1 Å². The van der Waals surface area contributed by atoms with E-state index in [0.29, 0.717) is 29.0 Å². The van der Waals surface area contributed by atoms with Crippen molar-refractivity contribution in [1.82, 2.24) is 14.7 Å². The van der Waals surface area contributed by atoms with Crippen molar-refractivity contribution in [3.8, 4) is 28.8 Å². The first-order valence-corrected chi connectivity index (χ1v) is 13.0. The number of halogens is 1.